The normalized spacial score (nSPS) is 15.1. The highest BCUT2D eigenvalue weighted by atomic mass is 15.2. The van der Waals surface area contributed by atoms with Crippen molar-refractivity contribution < 1.29 is 0 Å². The summed E-state index contributed by atoms with van der Waals surface area (Å²) in [6, 6.07) is 8.37. The van der Waals surface area contributed by atoms with Crippen LogP contribution in [0.25, 0.3) is 0 Å². The molecule has 0 unspecified atom stereocenters. The van der Waals surface area contributed by atoms with Gasteiger partial charge in [-0.05, 0) is 24.6 Å². The van der Waals surface area contributed by atoms with E-state index >= 15 is 0 Å². The molecule has 0 aliphatic carbocycles. The van der Waals surface area contributed by atoms with E-state index < -0.39 is 0 Å². The van der Waals surface area contributed by atoms with E-state index in [1.807, 2.05) is 6.34 Å². The number of rotatable bonds is 3. The Morgan fingerprint density at radius 1 is 1.36 bits per heavy atom. The Kier molecular flexibility index (Phi) is 2.79. The Hall–Kier alpha value is -1.35. The summed E-state index contributed by atoms with van der Waals surface area (Å²) in [5.74, 6) is 0. The highest BCUT2D eigenvalue weighted by Gasteiger charge is 2.10. The number of nitrogens with zero attached hydrogens (tertiary/aromatic N) is 2. The van der Waals surface area contributed by atoms with Crippen molar-refractivity contribution in [3.63, 3.8) is 0 Å². The minimum atomic E-state index is 0.696. The lowest BCUT2D eigenvalue weighted by atomic mass is 10.1. The van der Waals surface area contributed by atoms with Crippen LogP contribution < -0.4 is 10.6 Å². The third-order valence-electron chi connectivity index (χ3n) is 2.41. The molecule has 0 spiro atoms. The van der Waals surface area contributed by atoms with E-state index in [1.165, 1.54) is 11.3 Å². The van der Waals surface area contributed by atoms with Crippen LogP contribution in [-0.4, -0.2) is 26.0 Å². The molecule has 0 bridgehead atoms. The third kappa shape index (κ3) is 1.77. The van der Waals surface area contributed by atoms with E-state index in [0.29, 0.717) is 6.54 Å². The van der Waals surface area contributed by atoms with E-state index in [9.17, 15) is 0 Å². The standard InChI is InChI=1S/C11H15N3/c12-6-5-10-3-1-2-4-11(10)14-8-7-13-9-14/h1-4,9H,5-8,12H2. The zero-order valence-corrected chi connectivity index (χ0v) is 8.19. The summed E-state index contributed by atoms with van der Waals surface area (Å²) in [5, 5.41) is 0. The van der Waals surface area contributed by atoms with Crippen LogP contribution in [0.15, 0.2) is 29.3 Å². The highest BCUT2D eigenvalue weighted by Crippen LogP contribution is 2.20. The number of benzene rings is 1. The highest BCUT2D eigenvalue weighted by molar-refractivity contribution is 5.82. The molecule has 1 aromatic carbocycles. The molecule has 1 aliphatic heterocycles. The molecule has 1 aliphatic rings. The van der Waals surface area contributed by atoms with E-state index in [4.69, 9.17) is 5.73 Å². The van der Waals surface area contributed by atoms with Gasteiger partial charge in [0.1, 0.15) is 0 Å². The molecule has 0 radical (unpaired) electrons. The number of anilines is 1. The molecular formula is C11H15N3. The zero-order valence-electron chi connectivity index (χ0n) is 8.19. The van der Waals surface area contributed by atoms with Gasteiger partial charge in [-0.1, -0.05) is 18.2 Å². The maximum Gasteiger partial charge on any atom is 0.0895 e. The SMILES string of the molecule is NCCc1ccccc1N1C=NCC1. The van der Waals surface area contributed by atoms with Gasteiger partial charge < -0.3 is 10.6 Å². The molecule has 0 fully saturated rings. The molecule has 74 valence electrons. The minimum Gasteiger partial charge on any atom is -0.331 e. The lowest BCUT2D eigenvalue weighted by Crippen LogP contribution is -2.20. The fourth-order valence-corrected chi connectivity index (χ4v) is 1.72. The van der Waals surface area contributed by atoms with Crippen molar-refractivity contribution in [2.75, 3.05) is 24.5 Å². The summed E-state index contributed by atoms with van der Waals surface area (Å²) in [7, 11) is 0. The van der Waals surface area contributed by atoms with Crippen LogP contribution in [0.4, 0.5) is 5.69 Å². The van der Waals surface area contributed by atoms with Gasteiger partial charge in [-0.2, -0.15) is 0 Å². The van der Waals surface area contributed by atoms with Crippen molar-refractivity contribution in [3.05, 3.63) is 29.8 Å². The van der Waals surface area contributed by atoms with Crippen LogP contribution in [0.2, 0.25) is 0 Å². The van der Waals surface area contributed by atoms with Gasteiger partial charge in [-0.3, -0.25) is 4.99 Å². The van der Waals surface area contributed by atoms with Crippen molar-refractivity contribution in [1.82, 2.24) is 0 Å². The zero-order chi connectivity index (χ0) is 9.80. The quantitative estimate of drug-likeness (QED) is 0.771. The molecule has 0 aromatic heterocycles. The lowest BCUT2D eigenvalue weighted by Gasteiger charge is -2.17. The summed E-state index contributed by atoms with van der Waals surface area (Å²) in [6.07, 6.45) is 2.84. The molecule has 1 aromatic rings. The number of para-hydroxylation sites is 1. The van der Waals surface area contributed by atoms with E-state index in [2.05, 4.69) is 34.2 Å². The third-order valence-corrected chi connectivity index (χ3v) is 2.41. The second kappa shape index (κ2) is 4.24. The van der Waals surface area contributed by atoms with Crippen molar-refractivity contribution in [2.24, 2.45) is 10.7 Å². The Labute approximate surface area is 84.2 Å². The average Bonchev–Trinajstić information content (AvgIpc) is 2.72. The number of hydrogen-bond acceptors (Lipinski definition) is 3. The fraction of sp³-hybridized carbons (Fsp3) is 0.364. The Morgan fingerprint density at radius 2 is 2.21 bits per heavy atom. The van der Waals surface area contributed by atoms with Crippen molar-refractivity contribution in [3.8, 4) is 0 Å². The first-order valence-electron chi connectivity index (χ1n) is 4.96. The molecule has 0 saturated heterocycles. The minimum absolute atomic E-state index is 0.696. The van der Waals surface area contributed by atoms with Gasteiger partial charge in [0.05, 0.1) is 12.9 Å². The van der Waals surface area contributed by atoms with Crippen LogP contribution >= 0.6 is 0 Å². The van der Waals surface area contributed by atoms with Crippen LogP contribution in [0.3, 0.4) is 0 Å². The van der Waals surface area contributed by atoms with Crippen LogP contribution in [0.1, 0.15) is 5.56 Å². The molecule has 3 heteroatoms. The Morgan fingerprint density at radius 3 is 2.93 bits per heavy atom. The summed E-state index contributed by atoms with van der Waals surface area (Å²) in [6.45, 7) is 2.58. The molecule has 0 saturated carbocycles. The molecule has 2 N–H and O–H groups in total. The molecule has 14 heavy (non-hydrogen) atoms. The molecule has 0 amide bonds. The van der Waals surface area contributed by atoms with Gasteiger partial charge in [0.2, 0.25) is 0 Å². The summed E-state index contributed by atoms with van der Waals surface area (Å²) < 4.78 is 0. The lowest BCUT2D eigenvalue weighted by molar-refractivity contribution is 0.950. The Balaban J connectivity index is 2.26. The monoisotopic (exact) mass is 189 g/mol. The molecule has 1 heterocycles. The molecular weight excluding hydrogens is 174 g/mol. The van der Waals surface area contributed by atoms with Gasteiger partial charge in [-0.25, -0.2) is 0 Å². The average molecular weight is 189 g/mol. The maximum atomic E-state index is 5.58. The largest absolute Gasteiger partial charge is 0.331 e. The van der Waals surface area contributed by atoms with Crippen LogP contribution in [0.5, 0.6) is 0 Å². The van der Waals surface area contributed by atoms with E-state index in [0.717, 1.165) is 19.5 Å². The summed E-state index contributed by atoms with van der Waals surface area (Å²) in [4.78, 5) is 6.40. The number of hydrogen-bond donors (Lipinski definition) is 1. The smallest absolute Gasteiger partial charge is 0.0895 e. The second-order valence-electron chi connectivity index (χ2n) is 3.38. The van der Waals surface area contributed by atoms with Gasteiger partial charge in [0.25, 0.3) is 0 Å². The van der Waals surface area contributed by atoms with Gasteiger partial charge in [0, 0.05) is 12.2 Å². The van der Waals surface area contributed by atoms with Crippen LogP contribution in [0, 0.1) is 0 Å². The summed E-state index contributed by atoms with van der Waals surface area (Å²) in [5.41, 5.74) is 8.13. The van der Waals surface area contributed by atoms with Crippen molar-refractivity contribution in [1.29, 1.82) is 0 Å². The first kappa shape index (κ1) is 9.21. The molecule has 2 rings (SSSR count). The first-order valence-corrected chi connectivity index (χ1v) is 4.96. The van der Waals surface area contributed by atoms with E-state index in [1.54, 1.807) is 0 Å². The van der Waals surface area contributed by atoms with Crippen molar-refractivity contribution >= 4 is 12.0 Å². The van der Waals surface area contributed by atoms with Gasteiger partial charge >= 0.3 is 0 Å². The van der Waals surface area contributed by atoms with Gasteiger partial charge in [0.15, 0.2) is 0 Å². The molecule has 3 nitrogen and oxygen atoms in total. The number of aliphatic imine (C=N–C) groups is 1. The summed E-state index contributed by atoms with van der Waals surface area (Å²) >= 11 is 0. The van der Waals surface area contributed by atoms with Crippen LogP contribution in [-0.2, 0) is 6.42 Å². The predicted molar refractivity (Wildman–Crippen MR) is 59.9 cm³/mol. The van der Waals surface area contributed by atoms with Gasteiger partial charge in [-0.15, -0.1) is 0 Å². The number of nitrogens with two attached hydrogens (primary N) is 1. The van der Waals surface area contributed by atoms with E-state index in [-0.39, 0.29) is 0 Å². The first-order chi connectivity index (χ1) is 6.92. The second-order valence-corrected chi connectivity index (χ2v) is 3.38. The topological polar surface area (TPSA) is 41.6 Å². The van der Waals surface area contributed by atoms with Crippen molar-refractivity contribution in [2.45, 2.75) is 6.42 Å². The maximum absolute atomic E-state index is 5.58. The Bertz CT molecular complexity index is 333. The fourth-order valence-electron chi connectivity index (χ4n) is 1.72. The predicted octanol–water partition coefficient (Wildman–Crippen LogP) is 1.04. The molecule has 0 atom stereocenters.